The molecule has 0 aromatic heterocycles. The van der Waals surface area contributed by atoms with E-state index in [4.69, 9.17) is 0 Å². The second kappa shape index (κ2) is 4.99. The molecule has 1 saturated carbocycles. The van der Waals surface area contributed by atoms with Gasteiger partial charge in [0.15, 0.2) is 0 Å². The molecule has 1 aliphatic rings. The Morgan fingerprint density at radius 3 is 2.18 bits per heavy atom. The van der Waals surface area contributed by atoms with E-state index in [-0.39, 0.29) is 11.3 Å². The van der Waals surface area contributed by atoms with Gasteiger partial charge >= 0.3 is 0 Å². The fourth-order valence-corrected chi connectivity index (χ4v) is 3.08. The zero-order valence-corrected chi connectivity index (χ0v) is 12.6. The van der Waals surface area contributed by atoms with E-state index in [1.54, 1.807) is 4.90 Å². The van der Waals surface area contributed by atoms with Gasteiger partial charge in [-0.25, -0.2) is 0 Å². The third kappa shape index (κ3) is 2.83. The van der Waals surface area contributed by atoms with Crippen molar-refractivity contribution in [3.63, 3.8) is 0 Å². The van der Waals surface area contributed by atoms with E-state index < -0.39 is 0 Å². The number of hydrogen-bond acceptors (Lipinski definition) is 1. The molecule has 0 radical (unpaired) electrons. The fraction of sp³-hybridized carbons (Fsp3) is 0.933. The number of nitrogens with zero attached hydrogens (tertiary/aromatic N) is 1. The first kappa shape index (κ1) is 14.5. The van der Waals surface area contributed by atoms with Crippen LogP contribution in [0.4, 0.5) is 0 Å². The van der Waals surface area contributed by atoms with E-state index in [0.717, 1.165) is 6.42 Å². The molecular weight excluding hydrogens is 210 g/mol. The van der Waals surface area contributed by atoms with Crippen LogP contribution < -0.4 is 0 Å². The van der Waals surface area contributed by atoms with Crippen molar-refractivity contribution in [2.24, 2.45) is 29.1 Å². The first-order valence-corrected chi connectivity index (χ1v) is 6.89. The van der Waals surface area contributed by atoms with Gasteiger partial charge in [-0.05, 0) is 36.0 Å². The second-order valence-corrected chi connectivity index (χ2v) is 6.98. The van der Waals surface area contributed by atoms with Gasteiger partial charge in [-0.3, -0.25) is 4.79 Å². The zero-order valence-electron chi connectivity index (χ0n) is 12.6. The molecule has 2 nitrogen and oxygen atoms in total. The Labute approximate surface area is 107 Å². The first-order valence-electron chi connectivity index (χ1n) is 6.89. The van der Waals surface area contributed by atoms with Crippen molar-refractivity contribution in [2.45, 2.75) is 47.5 Å². The van der Waals surface area contributed by atoms with Crippen molar-refractivity contribution in [3.8, 4) is 0 Å². The van der Waals surface area contributed by atoms with Gasteiger partial charge in [-0.1, -0.05) is 34.6 Å². The molecule has 3 atom stereocenters. The van der Waals surface area contributed by atoms with E-state index in [9.17, 15) is 4.79 Å². The van der Waals surface area contributed by atoms with Crippen LogP contribution in [0, 0.1) is 29.1 Å². The minimum Gasteiger partial charge on any atom is -0.349 e. The molecule has 2 unspecified atom stereocenters. The molecule has 0 aliphatic heterocycles. The van der Waals surface area contributed by atoms with Crippen molar-refractivity contribution < 1.29 is 4.79 Å². The highest BCUT2D eigenvalue weighted by molar-refractivity contribution is 5.79. The van der Waals surface area contributed by atoms with Crippen LogP contribution in [0.2, 0.25) is 0 Å². The van der Waals surface area contributed by atoms with E-state index in [1.165, 1.54) is 6.42 Å². The molecule has 0 aromatic rings. The number of hydrogen-bond donors (Lipinski definition) is 0. The largest absolute Gasteiger partial charge is 0.349 e. The summed E-state index contributed by atoms with van der Waals surface area (Å²) in [5, 5.41) is 0. The lowest BCUT2D eigenvalue weighted by Crippen LogP contribution is -2.47. The summed E-state index contributed by atoms with van der Waals surface area (Å²) in [6.07, 6.45) is 2.33. The van der Waals surface area contributed by atoms with Gasteiger partial charge in [-0.15, -0.1) is 0 Å². The van der Waals surface area contributed by atoms with Crippen LogP contribution in [-0.2, 0) is 4.79 Å². The monoisotopic (exact) mass is 239 g/mol. The predicted octanol–water partition coefficient (Wildman–Crippen LogP) is 3.42. The summed E-state index contributed by atoms with van der Waals surface area (Å²) in [6, 6.07) is 0. The van der Waals surface area contributed by atoms with Crippen LogP contribution in [0.25, 0.3) is 0 Å². The summed E-state index contributed by atoms with van der Waals surface area (Å²) < 4.78 is 0. The molecular formula is C15H29NO. The van der Waals surface area contributed by atoms with Crippen LogP contribution in [0.15, 0.2) is 0 Å². The van der Waals surface area contributed by atoms with Gasteiger partial charge in [0.05, 0.1) is 0 Å². The highest BCUT2D eigenvalue weighted by Gasteiger charge is 2.45. The molecule has 2 heteroatoms. The predicted molar refractivity (Wildman–Crippen MR) is 72.7 cm³/mol. The van der Waals surface area contributed by atoms with Crippen molar-refractivity contribution >= 4 is 5.91 Å². The van der Waals surface area contributed by atoms with E-state index in [2.05, 4.69) is 34.6 Å². The number of carbonyl (C=O) groups excluding carboxylic acids is 1. The first-order chi connectivity index (χ1) is 7.67. The molecule has 0 saturated heterocycles. The molecule has 1 amide bonds. The van der Waals surface area contributed by atoms with Crippen LogP contribution in [0.3, 0.4) is 0 Å². The summed E-state index contributed by atoms with van der Waals surface area (Å²) in [7, 11) is 3.75. The van der Waals surface area contributed by atoms with Crippen molar-refractivity contribution in [3.05, 3.63) is 0 Å². The average Bonchev–Trinajstić information content (AvgIpc) is 2.20. The minimum absolute atomic E-state index is 0.132. The lowest BCUT2D eigenvalue weighted by atomic mass is 9.58. The molecule has 100 valence electrons. The Bertz CT molecular complexity index is 281. The maximum atomic E-state index is 12.4. The lowest BCUT2D eigenvalue weighted by Gasteiger charge is -2.47. The fourth-order valence-electron chi connectivity index (χ4n) is 3.08. The Kier molecular flexibility index (Phi) is 4.27. The Morgan fingerprint density at radius 1 is 1.24 bits per heavy atom. The number of rotatable bonds is 2. The highest BCUT2D eigenvalue weighted by Crippen LogP contribution is 2.49. The highest BCUT2D eigenvalue weighted by atomic mass is 16.2. The number of carbonyl (C=O) groups is 1. The SMILES string of the molecule is CC(C)[C@H]1CC(C)C(C)(C)C(C(=O)N(C)C)C1. The van der Waals surface area contributed by atoms with E-state index >= 15 is 0 Å². The third-order valence-corrected chi connectivity index (χ3v) is 5.04. The van der Waals surface area contributed by atoms with E-state index in [1.807, 2.05) is 14.1 Å². The van der Waals surface area contributed by atoms with Crippen molar-refractivity contribution in [1.82, 2.24) is 4.90 Å². The smallest absolute Gasteiger partial charge is 0.225 e. The third-order valence-electron chi connectivity index (χ3n) is 5.04. The van der Waals surface area contributed by atoms with Crippen molar-refractivity contribution in [1.29, 1.82) is 0 Å². The van der Waals surface area contributed by atoms with Gasteiger partial charge in [0.25, 0.3) is 0 Å². The zero-order chi connectivity index (χ0) is 13.4. The Morgan fingerprint density at radius 2 is 1.76 bits per heavy atom. The molecule has 1 aliphatic carbocycles. The molecule has 17 heavy (non-hydrogen) atoms. The quantitative estimate of drug-likeness (QED) is 0.723. The van der Waals surface area contributed by atoms with Gasteiger partial charge in [0, 0.05) is 20.0 Å². The molecule has 1 fully saturated rings. The number of amides is 1. The van der Waals surface area contributed by atoms with Gasteiger partial charge in [0.1, 0.15) is 0 Å². The normalized spacial score (nSPS) is 32.6. The van der Waals surface area contributed by atoms with Crippen LogP contribution in [-0.4, -0.2) is 24.9 Å². The van der Waals surface area contributed by atoms with Gasteiger partial charge in [-0.2, -0.15) is 0 Å². The summed E-state index contributed by atoms with van der Waals surface area (Å²) in [5.41, 5.74) is 0.132. The van der Waals surface area contributed by atoms with Gasteiger partial charge in [0.2, 0.25) is 5.91 Å². The summed E-state index contributed by atoms with van der Waals surface area (Å²) in [6.45, 7) is 11.4. The van der Waals surface area contributed by atoms with E-state index in [0.29, 0.717) is 23.7 Å². The summed E-state index contributed by atoms with van der Waals surface area (Å²) in [5.74, 6) is 2.51. The molecule has 0 bridgehead atoms. The maximum Gasteiger partial charge on any atom is 0.225 e. The standard InChI is InChI=1S/C15H29NO/c1-10(2)12-8-11(3)15(4,5)13(9-12)14(17)16(6)7/h10-13H,8-9H2,1-7H3/t11?,12-,13?/m0/s1. The van der Waals surface area contributed by atoms with Crippen LogP contribution >= 0.6 is 0 Å². The topological polar surface area (TPSA) is 20.3 Å². The van der Waals surface area contributed by atoms with Crippen LogP contribution in [0.1, 0.15) is 47.5 Å². The molecule has 0 heterocycles. The lowest BCUT2D eigenvalue weighted by molar-refractivity contribution is -0.142. The summed E-state index contributed by atoms with van der Waals surface area (Å²) >= 11 is 0. The molecule has 0 aromatic carbocycles. The average molecular weight is 239 g/mol. The Hall–Kier alpha value is -0.530. The van der Waals surface area contributed by atoms with Crippen LogP contribution in [0.5, 0.6) is 0 Å². The summed E-state index contributed by atoms with van der Waals surface area (Å²) in [4.78, 5) is 14.1. The molecule has 0 spiro atoms. The second-order valence-electron chi connectivity index (χ2n) is 6.98. The van der Waals surface area contributed by atoms with Gasteiger partial charge < -0.3 is 4.90 Å². The molecule has 0 N–H and O–H groups in total. The minimum atomic E-state index is 0.132. The Balaban J connectivity index is 2.94. The van der Waals surface area contributed by atoms with Crippen molar-refractivity contribution in [2.75, 3.05) is 14.1 Å². The maximum absolute atomic E-state index is 12.4. The molecule has 1 rings (SSSR count).